The number of oxime groups is 1. The lowest BCUT2D eigenvalue weighted by Gasteiger charge is -1.95. The monoisotopic (exact) mass is 244 g/mol. The Balaban J connectivity index is 3.00. The van der Waals surface area contributed by atoms with Crippen molar-refractivity contribution in [1.82, 2.24) is 0 Å². The van der Waals surface area contributed by atoms with Gasteiger partial charge in [-0.1, -0.05) is 5.16 Å². The van der Waals surface area contributed by atoms with E-state index in [-0.39, 0.29) is 10.3 Å². The Morgan fingerprint density at radius 3 is 2.38 bits per heavy atom. The maximum absolute atomic E-state index is 10.3. The molecule has 13 heavy (non-hydrogen) atoms. The molecule has 0 aliphatic rings. The number of nitro groups is 1. The normalized spacial score (nSPS) is 11.3. The summed E-state index contributed by atoms with van der Waals surface area (Å²) in [6.07, 6.45) is 0. The van der Waals surface area contributed by atoms with Crippen LogP contribution in [0.25, 0.3) is 0 Å². The van der Waals surface area contributed by atoms with Crippen LogP contribution in [0, 0.1) is 10.1 Å². The Bertz CT molecular complexity index is 347. The molecule has 0 atom stereocenters. The van der Waals surface area contributed by atoms with E-state index in [2.05, 4.69) is 21.1 Å². The van der Waals surface area contributed by atoms with E-state index in [0.29, 0.717) is 5.56 Å². The standard InChI is InChI=1S/C7H5BrN2O3/c8-7(9-11)5-1-3-6(4-2-5)10(12)13/h1-4,11H/b9-7-. The maximum atomic E-state index is 10.3. The van der Waals surface area contributed by atoms with Crippen molar-refractivity contribution in [2.75, 3.05) is 0 Å². The number of halogens is 1. The van der Waals surface area contributed by atoms with Crippen LogP contribution in [0.4, 0.5) is 5.69 Å². The Morgan fingerprint density at radius 2 is 2.00 bits per heavy atom. The van der Waals surface area contributed by atoms with Gasteiger partial charge in [-0.05, 0) is 28.1 Å². The molecule has 6 heteroatoms. The number of nitrogens with zero attached hydrogens (tertiary/aromatic N) is 2. The molecule has 1 aromatic rings. The summed E-state index contributed by atoms with van der Waals surface area (Å²) < 4.78 is 0.238. The van der Waals surface area contributed by atoms with Crippen molar-refractivity contribution in [3.05, 3.63) is 39.9 Å². The molecule has 0 amide bonds. The predicted octanol–water partition coefficient (Wildman–Crippen LogP) is 2.13. The summed E-state index contributed by atoms with van der Waals surface area (Å²) in [6, 6.07) is 5.65. The van der Waals surface area contributed by atoms with Crippen LogP contribution in [0.1, 0.15) is 5.56 Å². The average Bonchev–Trinajstić information content (AvgIpc) is 2.17. The zero-order valence-electron chi connectivity index (χ0n) is 6.35. The van der Waals surface area contributed by atoms with E-state index >= 15 is 0 Å². The molecule has 0 saturated heterocycles. The van der Waals surface area contributed by atoms with Crippen molar-refractivity contribution in [2.24, 2.45) is 5.16 Å². The summed E-state index contributed by atoms with van der Waals surface area (Å²) in [4.78, 5) is 9.77. The molecule has 1 aromatic carbocycles. The Labute approximate surface area is 82.0 Å². The van der Waals surface area contributed by atoms with Crippen LogP contribution in [0.15, 0.2) is 29.4 Å². The van der Waals surface area contributed by atoms with Gasteiger partial charge in [-0.15, -0.1) is 0 Å². The summed E-state index contributed by atoms with van der Waals surface area (Å²) in [5.41, 5.74) is 0.579. The van der Waals surface area contributed by atoms with Crippen molar-refractivity contribution in [1.29, 1.82) is 0 Å². The Morgan fingerprint density at radius 1 is 1.46 bits per heavy atom. The number of non-ortho nitro benzene ring substituents is 1. The Kier molecular flexibility index (Phi) is 2.97. The predicted molar refractivity (Wildman–Crippen MR) is 50.3 cm³/mol. The SMILES string of the molecule is O=[N+]([O-])c1ccc(/C(Br)=N/O)cc1. The second-order valence-electron chi connectivity index (χ2n) is 2.19. The number of rotatable bonds is 2. The van der Waals surface area contributed by atoms with E-state index in [4.69, 9.17) is 5.21 Å². The summed E-state index contributed by atoms with van der Waals surface area (Å²) in [5.74, 6) is 0. The number of nitro benzene ring substituents is 1. The largest absolute Gasteiger partial charge is 0.410 e. The van der Waals surface area contributed by atoms with Crippen molar-refractivity contribution >= 4 is 26.2 Å². The molecule has 0 unspecified atom stereocenters. The molecule has 0 aliphatic carbocycles. The minimum absolute atomic E-state index is 0.00184. The first kappa shape index (κ1) is 9.66. The fraction of sp³-hybridized carbons (Fsp3) is 0. The zero-order chi connectivity index (χ0) is 9.84. The van der Waals surface area contributed by atoms with Crippen molar-refractivity contribution < 1.29 is 10.1 Å². The highest BCUT2D eigenvalue weighted by atomic mass is 79.9. The third-order valence-electron chi connectivity index (χ3n) is 1.40. The molecule has 1 rings (SSSR count). The zero-order valence-corrected chi connectivity index (χ0v) is 7.93. The fourth-order valence-electron chi connectivity index (χ4n) is 0.778. The first-order valence-electron chi connectivity index (χ1n) is 3.27. The lowest BCUT2D eigenvalue weighted by Crippen LogP contribution is -1.92. The van der Waals surface area contributed by atoms with Crippen LogP contribution in [0.3, 0.4) is 0 Å². The summed E-state index contributed by atoms with van der Waals surface area (Å²) in [5, 5.41) is 21.5. The molecule has 68 valence electrons. The van der Waals surface area contributed by atoms with Gasteiger partial charge in [0.2, 0.25) is 0 Å². The second kappa shape index (κ2) is 3.99. The number of hydrogen-bond acceptors (Lipinski definition) is 4. The van der Waals surface area contributed by atoms with Crippen molar-refractivity contribution in [2.45, 2.75) is 0 Å². The molecule has 0 fully saturated rings. The lowest BCUT2D eigenvalue weighted by atomic mass is 10.2. The summed E-state index contributed by atoms with van der Waals surface area (Å²) in [7, 11) is 0. The molecule has 0 aliphatic heterocycles. The average molecular weight is 245 g/mol. The molecule has 0 aromatic heterocycles. The minimum Gasteiger partial charge on any atom is -0.410 e. The highest BCUT2D eigenvalue weighted by Gasteiger charge is 2.05. The molecular weight excluding hydrogens is 240 g/mol. The van der Waals surface area contributed by atoms with E-state index in [1.54, 1.807) is 0 Å². The van der Waals surface area contributed by atoms with E-state index < -0.39 is 4.92 Å². The van der Waals surface area contributed by atoms with E-state index in [1.807, 2.05) is 0 Å². The highest BCUT2D eigenvalue weighted by Crippen LogP contribution is 2.14. The minimum atomic E-state index is -0.492. The molecule has 0 radical (unpaired) electrons. The van der Waals surface area contributed by atoms with Gasteiger partial charge in [-0.3, -0.25) is 10.1 Å². The van der Waals surface area contributed by atoms with Gasteiger partial charge in [0.25, 0.3) is 5.69 Å². The summed E-state index contributed by atoms with van der Waals surface area (Å²) >= 11 is 2.98. The second-order valence-corrected chi connectivity index (χ2v) is 2.95. The quantitative estimate of drug-likeness (QED) is 0.375. The highest BCUT2D eigenvalue weighted by molar-refractivity contribution is 9.18. The van der Waals surface area contributed by atoms with Gasteiger partial charge in [0, 0.05) is 17.7 Å². The number of hydrogen-bond donors (Lipinski definition) is 1. The lowest BCUT2D eigenvalue weighted by molar-refractivity contribution is -0.384. The van der Waals surface area contributed by atoms with Crippen molar-refractivity contribution in [3.63, 3.8) is 0 Å². The van der Waals surface area contributed by atoms with Crippen molar-refractivity contribution in [3.8, 4) is 0 Å². The molecule has 1 N–H and O–H groups in total. The third kappa shape index (κ3) is 2.25. The first-order valence-corrected chi connectivity index (χ1v) is 4.07. The van der Waals surface area contributed by atoms with Gasteiger partial charge in [0.1, 0.15) is 0 Å². The molecule has 0 spiro atoms. The molecular formula is C7H5BrN2O3. The van der Waals surface area contributed by atoms with Crippen LogP contribution in [-0.2, 0) is 0 Å². The van der Waals surface area contributed by atoms with Crippen LogP contribution in [-0.4, -0.2) is 14.8 Å². The van der Waals surface area contributed by atoms with E-state index in [9.17, 15) is 10.1 Å². The molecule has 5 nitrogen and oxygen atoms in total. The Hall–Kier alpha value is -1.43. The van der Waals surface area contributed by atoms with Gasteiger partial charge >= 0.3 is 0 Å². The van der Waals surface area contributed by atoms with Gasteiger partial charge in [-0.2, -0.15) is 0 Å². The maximum Gasteiger partial charge on any atom is 0.269 e. The van der Waals surface area contributed by atoms with Gasteiger partial charge in [0.05, 0.1) is 4.92 Å². The van der Waals surface area contributed by atoms with Crippen LogP contribution < -0.4 is 0 Å². The molecule has 0 bridgehead atoms. The van der Waals surface area contributed by atoms with E-state index in [0.717, 1.165) is 0 Å². The smallest absolute Gasteiger partial charge is 0.269 e. The number of benzene rings is 1. The fourth-order valence-corrected chi connectivity index (χ4v) is 1.04. The third-order valence-corrected chi connectivity index (χ3v) is 2.02. The first-order chi connectivity index (χ1) is 6.15. The van der Waals surface area contributed by atoms with Gasteiger partial charge < -0.3 is 5.21 Å². The molecule has 0 heterocycles. The van der Waals surface area contributed by atoms with Gasteiger partial charge in [0.15, 0.2) is 4.62 Å². The van der Waals surface area contributed by atoms with Crippen LogP contribution in [0.2, 0.25) is 0 Å². The van der Waals surface area contributed by atoms with Crippen LogP contribution in [0.5, 0.6) is 0 Å². The summed E-state index contributed by atoms with van der Waals surface area (Å²) in [6.45, 7) is 0. The molecule has 0 saturated carbocycles. The van der Waals surface area contributed by atoms with Crippen LogP contribution >= 0.6 is 15.9 Å². The topological polar surface area (TPSA) is 75.7 Å². The van der Waals surface area contributed by atoms with Gasteiger partial charge in [-0.25, -0.2) is 0 Å². The van der Waals surface area contributed by atoms with E-state index in [1.165, 1.54) is 24.3 Å².